The smallest absolute Gasteiger partial charge is 0.310 e. The van der Waals surface area contributed by atoms with Crippen molar-refractivity contribution in [3.63, 3.8) is 0 Å². The third kappa shape index (κ3) is 3.93. The Morgan fingerprint density at radius 3 is 2.67 bits per heavy atom. The van der Waals surface area contributed by atoms with Crippen molar-refractivity contribution in [3.05, 3.63) is 33.9 Å². The van der Waals surface area contributed by atoms with E-state index in [4.69, 9.17) is 11.6 Å². The number of nitrogens with zero attached hydrogens (tertiary/aromatic N) is 2. The maximum absolute atomic E-state index is 13.1. The van der Waals surface area contributed by atoms with Crippen LogP contribution >= 0.6 is 22.9 Å². The van der Waals surface area contributed by atoms with E-state index in [1.54, 1.807) is 12.1 Å². The molecule has 0 bridgehead atoms. The molecule has 0 aliphatic rings. The van der Waals surface area contributed by atoms with E-state index in [1.807, 2.05) is 13.8 Å². The first-order valence-corrected chi connectivity index (χ1v) is 7.39. The molecule has 0 saturated heterocycles. The normalized spacial score (nSPS) is 12.1. The fourth-order valence-corrected chi connectivity index (χ4v) is 2.94. The molecule has 0 fully saturated rings. The van der Waals surface area contributed by atoms with Gasteiger partial charge in [0.1, 0.15) is 10.7 Å². The third-order valence-electron chi connectivity index (χ3n) is 2.60. The predicted molar refractivity (Wildman–Crippen MR) is 77.3 cm³/mol. The molecule has 1 N–H and O–H groups in total. The summed E-state index contributed by atoms with van der Waals surface area (Å²) in [5, 5.41) is 3.43. The van der Waals surface area contributed by atoms with Gasteiger partial charge in [0, 0.05) is 18.8 Å². The van der Waals surface area contributed by atoms with Crippen LogP contribution in [0.25, 0.3) is 10.7 Å². The van der Waals surface area contributed by atoms with Crippen LogP contribution in [-0.2, 0) is 12.7 Å². The molecule has 3 nitrogen and oxygen atoms in total. The molecule has 2 heterocycles. The van der Waals surface area contributed by atoms with E-state index in [0.29, 0.717) is 0 Å². The molecule has 0 aliphatic carbocycles. The number of rotatable bonds is 4. The van der Waals surface area contributed by atoms with E-state index < -0.39 is 11.9 Å². The Kier molecular flexibility index (Phi) is 4.85. The lowest BCUT2D eigenvalue weighted by atomic mass is 10.3. The fourth-order valence-electron chi connectivity index (χ4n) is 1.63. The summed E-state index contributed by atoms with van der Waals surface area (Å²) in [4.78, 5) is 7.84. The summed E-state index contributed by atoms with van der Waals surface area (Å²) in [6.45, 7) is 3.84. The molecule has 2 aromatic heterocycles. The van der Waals surface area contributed by atoms with Crippen LogP contribution < -0.4 is 5.32 Å². The Morgan fingerprint density at radius 2 is 2.10 bits per heavy atom. The highest BCUT2D eigenvalue weighted by molar-refractivity contribution is 7.15. The molecule has 2 aromatic rings. The van der Waals surface area contributed by atoms with Gasteiger partial charge < -0.3 is 5.32 Å². The van der Waals surface area contributed by atoms with Gasteiger partial charge in [-0.15, -0.1) is 11.3 Å². The number of thiazole rings is 1. The first-order chi connectivity index (χ1) is 9.79. The monoisotopic (exact) mass is 335 g/mol. The predicted octanol–water partition coefficient (Wildman–Crippen LogP) is 4.38. The summed E-state index contributed by atoms with van der Waals surface area (Å²) >= 11 is 6.92. The van der Waals surface area contributed by atoms with Crippen LogP contribution in [0.1, 0.15) is 24.4 Å². The maximum Gasteiger partial charge on any atom is 0.434 e. The number of hydrogen-bond acceptors (Lipinski definition) is 4. The van der Waals surface area contributed by atoms with Crippen molar-refractivity contribution < 1.29 is 13.2 Å². The number of halogens is 4. The van der Waals surface area contributed by atoms with Gasteiger partial charge in [0.05, 0.1) is 9.90 Å². The second-order valence-electron chi connectivity index (χ2n) is 4.66. The van der Waals surface area contributed by atoms with Gasteiger partial charge in [-0.3, -0.25) is 4.98 Å². The van der Waals surface area contributed by atoms with Crippen LogP contribution in [0.4, 0.5) is 13.2 Å². The van der Waals surface area contributed by atoms with Crippen molar-refractivity contribution >= 4 is 22.9 Å². The summed E-state index contributed by atoms with van der Waals surface area (Å²) in [6, 6.07) is 3.27. The lowest BCUT2D eigenvalue weighted by Gasteiger charge is -2.09. The molecule has 0 saturated carbocycles. The molecule has 0 atom stereocenters. The molecule has 0 aliphatic heterocycles. The van der Waals surface area contributed by atoms with Crippen molar-refractivity contribution in [2.24, 2.45) is 0 Å². The highest BCUT2D eigenvalue weighted by Crippen LogP contribution is 2.38. The Bertz CT molecular complexity index is 625. The SMILES string of the molecule is CC(C)NCc1sc(-c2ncccc2Cl)nc1C(F)(F)F. The second kappa shape index (κ2) is 6.29. The average molecular weight is 336 g/mol. The summed E-state index contributed by atoms with van der Waals surface area (Å²) in [5.74, 6) is 0. The lowest BCUT2D eigenvalue weighted by Crippen LogP contribution is -2.23. The van der Waals surface area contributed by atoms with Gasteiger partial charge >= 0.3 is 6.18 Å². The van der Waals surface area contributed by atoms with Gasteiger partial charge in [0.25, 0.3) is 0 Å². The molecule has 0 spiro atoms. The summed E-state index contributed by atoms with van der Waals surface area (Å²) < 4.78 is 39.2. The minimum absolute atomic E-state index is 0.0788. The summed E-state index contributed by atoms with van der Waals surface area (Å²) in [6.07, 6.45) is -3.02. The van der Waals surface area contributed by atoms with E-state index in [2.05, 4.69) is 15.3 Å². The largest absolute Gasteiger partial charge is 0.434 e. The molecule has 0 amide bonds. The fraction of sp³-hybridized carbons (Fsp3) is 0.385. The maximum atomic E-state index is 13.1. The van der Waals surface area contributed by atoms with Crippen molar-refractivity contribution in [2.75, 3.05) is 0 Å². The summed E-state index contributed by atoms with van der Waals surface area (Å²) in [7, 11) is 0. The first kappa shape index (κ1) is 16.2. The molecular formula is C13H13ClF3N3S. The Balaban J connectivity index is 2.43. The molecule has 8 heteroatoms. The highest BCUT2D eigenvalue weighted by Gasteiger charge is 2.37. The quantitative estimate of drug-likeness (QED) is 0.901. The minimum atomic E-state index is -4.50. The molecular weight excluding hydrogens is 323 g/mol. The zero-order valence-electron chi connectivity index (χ0n) is 11.3. The molecule has 0 unspecified atom stereocenters. The molecule has 0 aromatic carbocycles. The van der Waals surface area contributed by atoms with Crippen molar-refractivity contribution in [2.45, 2.75) is 32.6 Å². The van der Waals surface area contributed by atoms with Gasteiger partial charge in [0.2, 0.25) is 0 Å². The second-order valence-corrected chi connectivity index (χ2v) is 6.15. The van der Waals surface area contributed by atoms with Crippen molar-refractivity contribution in [1.82, 2.24) is 15.3 Å². The Hall–Kier alpha value is -1.18. The van der Waals surface area contributed by atoms with E-state index in [9.17, 15) is 13.2 Å². The number of hydrogen-bond donors (Lipinski definition) is 1. The molecule has 114 valence electrons. The number of alkyl halides is 3. The van der Waals surface area contributed by atoms with E-state index in [0.717, 1.165) is 11.3 Å². The van der Waals surface area contributed by atoms with Crippen LogP contribution in [0.2, 0.25) is 5.02 Å². The molecule has 2 rings (SSSR count). The van der Waals surface area contributed by atoms with E-state index in [-0.39, 0.29) is 33.2 Å². The van der Waals surface area contributed by atoms with Gasteiger partial charge in [-0.1, -0.05) is 25.4 Å². The van der Waals surface area contributed by atoms with Crippen molar-refractivity contribution in [1.29, 1.82) is 0 Å². The number of aromatic nitrogens is 2. The zero-order chi connectivity index (χ0) is 15.6. The van der Waals surface area contributed by atoms with Gasteiger partial charge in [-0.2, -0.15) is 13.2 Å². The molecule has 0 radical (unpaired) electrons. The van der Waals surface area contributed by atoms with Gasteiger partial charge in [-0.25, -0.2) is 4.98 Å². The van der Waals surface area contributed by atoms with Crippen molar-refractivity contribution in [3.8, 4) is 10.7 Å². The summed E-state index contributed by atoms with van der Waals surface area (Å²) in [5.41, 5.74) is -0.608. The van der Waals surface area contributed by atoms with Crippen LogP contribution in [-0.4, -0.2) is 16.0 Å². The highest BCUT2D eigenvalue weighted by atomic mass is 35.5. The standard InChI is InChI=1S/C13H13ClF3N3S/c1-7(2)19-6-9-11(13(15,16)17)20-12(21-9)10-8(14)4-3-5-18-10/h3-5,7,19H,6H2,1-2H3. The zero-order valence-corrected chi connectivity index (χ0v) is 12.9. The number of pyridine rings is 1. The van der Waals surface area contributed by atoms with E-state index in [1.165, 1.54) is 6.20 Å². The first-order valence-electron chi connectivity index (χ1n) is 6.20. The Labute approximate surface area is 129 Å². The third-order valence-corrected chi connectivity index (χ3v) is 3.96. The lowest BCUT2D eigenvalue weighted by molar-refractivity contribution is -0.141. The van der Waals surface area contributed by atoms with Crippen LogP contribution in [0.5, 0.6) is 0 Å². The van der Waals surface area contributed by atoms with Crippen LogP contribution in [0, 0.1) is 0 Å². The molecule has 21 heavy (non-hydrogen) atoms. The topological polar surface area (TPSA) is 37.8 Å². The van der Waals surface area contributed by atoms with Gasteiger partial charge in [0.15, 0.2) is 5.69 Å². The number of nitrogens with one attached hydrogen (secondary N) is 1. The van der Waals surface area contributed by atoms with Crippen LogP contribution in [0.3, 0.4) is 0 Å². The average Bonchev–Trinajstić information content (AvgIpc) is 2.81. The van der Waals surface area contributed by atoms with Gasteiger partial charge in [-0.05, 0) is 12.1 Å². The van der Waals surface area contributed by atoms with Crippen LogP contribution in [0.15, 0.2) is 18.3 Å². The minimum Gasteiger partial charge on any atom is -0.310 e. The Morgan fingerprint density at radius 1 is 1.38 bits per heavy atom. The van der Waals surface area contributed by atoms with E-state index >= 15 is 0 Å².